The van der Waals surface area contributed by atoms with E-state index in [2.05, 4.69) is 15.5 Å². The van der Waals surface area contributed by atoms with Crippen molar-refractivity contribution in [2.75, 3.05) is 12.4 Å². The molecule has 0 aliphatic rings. The Morgan fingerprint density at radius 3 is 2.68 bits per heavy atom. The molecular weight excluding hydrogens is 262 g/mol. The number of hydrogen-bond donors (Lipinski definition) is 2. The standard InChI is InChI=1S/C13H15N3O2S/c1-9(13(17)15-12-7-8-14-16-12)19-11-5-3-10(18-2)4-6-11/h3-9H,1-2H3,(H2,14,15,16,17)/t9-/m0/s1. The number of nitrogens with zero attached hydrogens (tertiary/aromatic N) is 1. The molecule has 0 unspecified atom stereocenters. The smallest absolute Gasteiger partial charge is 0.238 e. The summed E-state index contributed by atoms with van der Waals surface area (Å²) < 4.78 is 5.09. The van der Waals surface area contributed by atoms with Gasteiger partial charge in [-0.25, -0.2) is 0 Å². The summed E-state index contributed by atoms with van der Waals surface area (Å²) in [5, 5.41) is 9.04. The van der Waals surface area contributed by atoms with Gasteiger partial charge in [0.05, 0.1) is 18.6 Å². The first-order chi connectivity index (χ1) is 9.19. The van der Waals surface area contributed by atoms with Gasteiger partial charge in [-0.3, -0.25) is 9.89 Å². The molecule has 2 aromatic rings. The summed E-state index contributed by atoms with van der Waals surface area (Å²) in [6.07, 6.45) is 1.59. The zero-order chi connectivity index (χ0) is 13.7. The molecule has 100 valence electrons. The van der Waals surface area contributed by atoms with Crippen LogP contribution in [-0.4, -0.2) is 28.5 Å². The SMILES string of the molecule is COc1ccc(S[C@@H](C)C(=O)Nc2ccn[nH]2)cc1. The predicted molar refractivity (Wildman–Crippen MR) is 75.5 cm³/mol. The molecule has 2 rings (SSSR count). The van der Waals surface area contributed by atoms with Crippen LogP contribution < -0.4 is 10.1 Å². The van der Waals surface area contributed by atoms with E-state index in [1.807, 2.05) is 31.2 Å². The number of carbonyl (C=O) groups excluding carboxylic acids is 1. The van der Waals surface area contributed by atoms with Gasteiger partial charge in [0.2, 0.25) is 5.91 Å². The highest BCUT2D eigenvalue weighted by molar-refractivity contribution is 8.00. The number of methoxy groups -OCH3 is 1. The monoisotopic (exact) mass is 277 g/mol. The first kappa shape index (κ1) is 13.5. The molecule has 19 heavy (non-hydrogen) atoms. The minimum Gasteiger partial charge on any atom is -0.497 e. The first-order valence-corrected chi connectivity index (χ1v) is 6.68. The van der Waals surface area contributed by atoms with Gasteiger partial charge < -0.3 is 10.1 Å². The van der Waals surface area contributed by atoms with Gasteiger partial charge in [0.1, 0.15) is 11.6 Å². The highest BCUT2D eigenvalue weighted by atomic mass is 32.2. The average molecular weight is 277 g/mol. The maximum atomic E-state index is 11.9. The van der Waals surface area contributed by atoms with E-state index < -0.39 is 0 Å². The van der Waals surface area contributed by atoms with Gasteiger partial charge in [-0.05, 0) is 31.2 Å². The maximum absolute atomic E-state index is 11.9. The number of H-pyrrole nitrogens is 1. The van der Waals surface area contributed by atoms with E-state index in [0.29, 0.717) is 5.82 Å². The molecule has 2 N–H and O–H groups in total. The number of carbonyl (C=O) groups is 1. The second-order valence-electron chi connectivity index (χ2n) is 3.90. The number of nitrogens with one attached hydrogen (secondary N) is 2. The number of anilines is 1. The highest BCUT2D eigenvalue weighted by Gasteiger charge is 2.14. The van der Waals surface area contributed by atoms with Gasteiger partial charge in [-0.15, -0.1) is 11.8 Å². The molecular formula is C13H15N3O2S. The van der Waals surface area contributed by atoms with Crippen molar-refractivity contribution < 1.29 is 9.53 Å². The zero-order valence-electron chi connectivity index (χ0n) is 10.7. The Kier molecular flexibility index (Phi) is 4.46. The summed E-state index contributed by atoms with van der Waals surface area (Å²) in [5.74, 6) is 1.34. The largest absolute Gasteiger partial charge is 0.497 e. The molecule has 1 atom stereocenters. The zero-order valence-corrected chi connectivity index (χ0v) is 11.5. The lowest BCUT2D eigenvalue weighted by molar-refractivity contribution is -0.115. The van der Waals surface area contributed by atoms with E-state index in [1.165, 1.54) is 11.8 Å². The number of hydrogen-bond acceptors (Lipinski definition) is 4. The molecule has 0 aliphatic carbocycles. The lowest BCUT2D eigenvalue weighted by Gasteiger charge is -2.11. The van der Waals surface area contributed by atoms with Gasteiger partial charge in [0, 0.05) is 11.0 Å². The van der Waals surface area contributed by atoms with Gasteiger partial charge >= 0.3 is 0 Å². The molecule has 0 fully saturated rings. The fourth-order valence-electron chi connectivity index (χ4n) is 1.47. The average Bonchev–Trinajstić information content (AvgIpc) is 2.92. The Hall–Kier alpha value is -1.95. The minimum atomic E-state index is -0.198. The fraction of sp³-hybridized carbons (Fsp3) is 0.231. The minimum absolute atomic E-state index is 0.0648. The predicted octanol–water partition coefficient (Wildman–Crippen LogP) is 2.54. The Morgan fingerprint density at radius 1 is 1.37 bits per heavy atom. The van der Waals surface area contributed by atoms with Crippen LogP contribution in [0, 0.1) is 0 Å². The van der Waals surface area contributed by atoms with Crippen molar-refractivity contribution >= 4 is 23.5 Å². The summed E-state index contributed by atoms with van der Waals surface area (Å²) in [6, 6.07) is 9.33. The number of ether oxygens (including phenoxy) is 1. The molecule has 0 bridgehead atoms. The normalized spacial score (nSPS) is 11.9. The van der Waals surface area contributed by atoms with Crippen molar-refractivity contribution in [2.45, 2.75) is 17.1 Å². The Labute approximate surface area is 115 Å². The quantitative estimate of drug-likeness (QED) is 0.824. The van der Waals surface area contributed by atoms with E-state index in [0.717, 1.165) is 10.6 Å². The van der Waals surface area contributed by atoms with Crippen LogP contribution >= 0.6 is 11.8 Å². The van der Waals surface area contributed by atoms with Crippen LogP contribution in [-0.2, 0) is 4.79 Å². The lowest BCUT2D eigenvalue weighted by Crippen LogP contribution is -2.22. The molecule has 1 aromatic carbocycles. The highest BCUT2D eigenvalue weighted by Crippen LogP contribution is 2.25. The summed E-state index contributed by atoms with van der Waals surface area (Å²) in [7, 11) is 1.63. The van der Waals surface area contributed by atoms with Crippen molar-refractivity contribution in [2.24, 2.45) is 0 Å². The number of aromatic nitrogens is 2. The third-order valence-corrected chi connectivity index (χ3v) is 3.61. The van der Waals surface area contributed by atoms with Crippen LogP contribution in [0.15, 0.2) is 41.4 Å². The number of thioether (sulfide) groups is 1. The summed E-state index contributed by atoms with van der Waals surface area (Å²) in [6.45, 7) is 1.86. The van der Waals surface area contributed by atoms with Gasteiger partial charge in [-0.1, -0.05) is 0 Å². The lowest BCUT2D eigenvalue weighted by atomic mass is 10.3. The number of rotatable bonds is 5. The van der Waals surface area contributed by atoms with E-state index in [4.69, 9.17) is 4.74 Å². The third kappa shape index (κ3) is 3.75. The summed E-state index contributed by atoms with van der Waals surface area (Å²) >= 11 is 1.49. The van der Waals surface area contributed by atoms with Crippen molar-refractivity contribution in [3.05, 3.63) is 36.5 Å². The molecule has 0 aliphatic heterocycles. The van der Waals surface area contributed by atoms with E-state index in [9.17, 15) is 4.79 Å². The molecule has 1 aromatic heterocycles. The van der Waals surface area contributed by atoms with Crippen molar-refractivity contribution in [1.82, 2.24) is 10.2 Å². The Morgan fingerprint density at radius 2 is 2.11 bits per heavy atom. The van der Waals surface area contributed by atoms with Gasteiger partial charge in [-0.2, -0.15) is 5.10 Å². The Bertz CT molecular complexity index is 525. The summed E-state index contributed by atoms with van der Waals surface area (Å²) in [5.41, 5.74) is 0. The second-order valence-corrected chi connectivity index (χ2v) is 5.31. The number of amides is 1. The van der Waals surface area contributed by atoms with Gasteiger partial charge in [0.15, 0.2) is 0 Å². The first-order valence-electron chi connectivity index (χ1n) is 5.80. The van der Waals surface area contributed by atoms with E-state index >= 15 is 0 Å². The topological polar surface area (TPSA) is 67.0 Å². The molecule has 1 amide bonds. The van der Waals surface area contributed by atoms with Crippen molar-refractivity contribution in [1.29, 1.82) is 0 Å². The molecule has 0 radical (unpaired) electrons. The third-order valence-electron chi connectivity index (χ3n) is 2.50. The van der Waals surface area contributed by atoms with Crippen LogP contribution in [0.25, 0.3) is 0 Å². The summed E-state index contributed by atoms with van der Waals surface area (Å²) in [4.78, 5) is 13.0. The van der Waals surface area contributed by atoms with Crippen molar-refractivity contribution in [3.63, 3.8) is 0 Å². The molecule has 0 spiro atoms. The van der Waals surface area contributed by atoms with Crippen LogP contribution in [0.5, 0.6) is 5.75 Å². The fourth-order valence-corrected chi connectivity index (χ4v) is 2.34. The van der Waals surface area contributed by atoms with Crippen LogP contribution in [0.3, 0.4) is 0 Å². The Balaban J connectivity index is 1.92. The molecule has 0 saturated carbocycles. The molecule has 0 saturated heterocycles. The second kappa shape index (κ2) is 6.29. The van der Waals surface area contributed by atoms with E-state index in [1.54, 1.807) is 19.4 Å². The molecule has 5 nitrogen and oxygen atoms in total. The molecule has 6 heteroatoms. The molecule has 1 heterocycles. The number of aromatic amines is 1. The van der Waals surface area contributed by atoms with Crippen molar-refractivity contribution in [3.8, 4) is 5.75 Å². The van der Waals surface area contributed by atoms with Crippen LogP contribution in [0.1, 0.15) is 6.92 Å². The van der Waals surface area contributed by atoms with Gasteiger partial charge in [0.25, 0.3) is 0 Å². The maximum Gasteiger partial charge on any atom is 0.238 e. The van der Waals surface area contributed by atoms with Crippen LogP contribution in [0.2, 0.25) is 0 Å². The number of benzene rings is 1. The van der Waals surface area contributed by atoms with E-state index in [-0.39, 0.29) is 11.2 Å². The van der Waals surface area contributed by atoms with Crippen LogP contribution in [0.4, 0.5) is 5.82 Å².